The first-order valence-electron chi connectivity index (χ1n) is 7.61. The second-order valence-corrected chi connectivity index (χ2v) is 6.74. The molecule has 2 N–H and O–H groups in total. The molecule has 0 radical (unpaired) electrons. The maximum absolute atomic E-state index is 13.5. The second-order valence-electron chi connectivity index (χ2n) is 5.70. The highest BCUT2D eigenvalue weighted by molar-refractivity contribution is 7.10. The predicted molar refractivity (Wildman–Crippen MR) is 93.8 cm³/mol. The summed E-state index contributed by atoms with van der Waals surface area (Å²) in [7, 11) is 0. The number of hydrogen-bond acceptors (Lipinski definition) is 3. The Bertz CT molecular complexity index is 681. The van der Waals surface area contributed by atoms with Crippen LogP contribution < -0.4 is 10.6 Å². The molecule has 1 aliphatic heterocycles. The van der Waals surface area contributed by atoms with Gasteiger partial charge in [0.25, 0.3) is 0 Å². The van der Waals surface area contributed by atoms with Gasteiger partial charge in [-0.25, -0.2) is 8.78 Å². The van der Waals surface area contributed by atoms with Crippen molar-refractivity contribution in [3.05, 3.63) is 57.8 Å². The average molecular weight is 373 g/mol. The van der Waals surface area contributed by atoms with Gasteiger partial charge in [-0.1, -0.05) is 12.1 Å². The van der Waals surface area contributed by atoms with Crippen molar-refractivity contribution in [3.63, 3.8) is 0 Å². The van der Waals surface area contributed by atoms with Crippen LogP contribution in [0.5, 0.6) is 0 Å². The first kappa shape index (κ1) is 18.8. The fourth-order valence-electron chi connectivity index (χ4n) is 2.98. The zero-order chi connectivity index (χ0) is 16.2. The molecule has 24 heavy (non-hydrogen) atoms. The van der Waals surface area contributed by atoms with E-state index in [4.69, 9.17) is 0 Å². The lowest BCUT2D eigenvalue weighted by Crippen LogP contribution is -2.50. The molecule has 1 saturated heterocycles. The maximum atomic E-state index is 13.5. The minimum absolute atomic E-state index is 0. The molecule has 2 atom stereocenters. The van der Waals surface area contributed by atoms with Crippen LogP contribution in [0.3, 0.4) is 0 Å². The van der Waals surface area contributed by atoms with Gasteiger partial charge in [-0.15, -0.1) is 23.7 Å². The number of nitrogens with one attached hydrogen (secondary N) is 2. The van der Waals surface area contributed by atoms with E-state index in [1.165, 1.54) is 6.07 Å². The van der Waals surface area contributed by atoms with E-state index >= 15 is 0 Å². The van der Waals surface area contributed by atoms with Gasteiger partial charge in [0.2, 0.25) is 5.91 Å². The molecule has 2 unspecified atom stereocenters. The summed E-state index contributed by atoms with van der Waals surface area (Å²) in [6, 6.07) is 7.71. The van der Waals surface area contributed by atoms with Crippen LogP contribution in [0.1, 0.15) is 22.8 Å². The summed E-state index contributed by atoms with van der Waals surface area (Å²) in [6.07, 6.45) is 1.12. The summed E-state index contributed by atoms with van der Waals surface area (Å²) in [5.41, 5.74) is 0.729. The van der Waals surface area contributed by atoms with Crippen LogP contribution in [0.4, 0.5) is 8.78 Å². The normalized spacial score (nSPS) is 20.2. The van der Waals surface area contributed by atoms with Crippen molar-refractivity contribution < 1.29 is 13.6 Å². The Balaban J connectivity index is 0.00000208. The van der Waals surface area contributed by atoms with E-state index in [-0.39, 0.29) is 30.3 Å². The predicted octanol–water partition coefficient (Wildman–Crippen LogP) is 3.25. The maximum Gasteiger partial charge on any atom is 0.225 e. The Hall–Kier alpha value is -1.50. The van der Waals surface area contributed by atoms with Gasteiger partial charge in [-0.05, 0) is 42.1 Å². The van der Waals surface area contributed by atoms with Crippen molar-refractivity contribution in [3.8, 4) is 0 Å². The summed E-state index contributed by atoms with van der Waals surface area (Å²) >= 11 is 1.55. The minimum Gasteiger partial charge on any atom is -0.351 e. The van der Waals surface area contributed by atoms with Crippen molar-refractivity contribution in [1.82, 2.24) is 10.6 Å². The second kappa shape index (κ2) is 8.55. The summed E-state index contributed by atoms with van der Waals surface area (Å²) in [6.45, 7) is 1.42. The Morgan fingerprint density at radius 3 is 2.83 bits per heavy atom. The number of benzene rings is 1. The monoisotopic (exact) mass is 372 g/mol. The molecule has 2 heterocycles. The summed E-state index contributed by atoms with van der Waals surface area (Å²) < 4.78 is 26.6. The van der Waals surface area contributed by atoms with Crippen LogP contribution in [0.25, 0.3) is 0 Å². The van der Waals surface area contributed by atoms with Crippen molar-refractivity contribution in [2.24, 2.45) is 0 Å². The fraction of sp³-hybridized carbons (Fsp3) is 0.353. The van der Waals surface area contributed by atoms with Crippen LogP contribution in [-0.4, -0.2) is 25.0 Å². The molecule has 1 aromatic heterocycles. The molecule has 7 heteroatoms. The van der Waals surface area contributed by atoms with Gasteiger partial charge >= 0.3 is 0 Å². The van der Waals surface area contributed by atoms with Crippen LogP contribution >= 0.6 is 23.7 Å². The molecule has 130 valence electrons. The van der Waals surface area contributed by atoms with E-state index in [1.54, 1.807) is 17.4 Å². The van der Waals surface area contributed by atoms with E-state index in [2.05, 4.69) is 10.6 Å². The molecule has 1 amide bonds. The number of hydrogen-bond donors (Lipinski definition) is 2. The van der Waals surface area contributed by atoms with Crippen molar-refractivity contribution in [2.75, 3.05) is 13.1 Å². The third kappa shape index (κ3) is 4.53. The SMILES string of the molecule is Cl.O=C(Cc1cccs1)NC1CNCCC1c1ccc(F)c(F)c1. The number of thiophene rings is 1. The molecular weight excluding hydrogens is 354 g/mol. The van der Waals surface area contributed by atoms with E-state index in [0.717, 1.165) is 29.5 Å². The quantitative estimate of drug-likeness (QED) is 0.865. The van der Waals surface area contributed by atoms with Gasteiger partial charge in [0.15, 0.2) is 11.6 Å². The fourth-order valence-corrected chi connectivity index (χ4v) is 3.68. The Morgan fingerprint density at radius 2 is 2.12 bits per heavy atom. The highest BCUT2D eigenvalue weighted by Gasteiger charge is 2.28. The Morgan fingerprint density at radius 1 is 1.29 bits per heavy atom. The summed E-state index contributed by atoms with van der Waals surface area (Å²) in [5, 5.41) is 8.21. The number of piperidine rings is 1. The lowest BCUT2D eigenvalue weighted by atomic mass is 9.86. The summed E-state index contributed by atoms with van der Waals surface area (Å²) in [5.74, 6) is -1.75. The third-order valence-corrected chi connectivity index (χ3v) is 4.99. The van der Waals surface area contributed by atoms with E-state index in [0.29, 0.717) is 13.0 Å². The molecule has 0 spiro atoms. The van der Waals surface area contributed by atoms with Crippen LogP contribution in [-0.2, 0) is 11.2 Å². The highest BCUT2D eigenvalue weighted by atomic mass is 35.5. The number of carbonyl (C=O) groups excluding carboxylic acids is 1. The molecular formula is C17H19ClF2N2OS. The Labute approximate surface area is 149 Å². The number of rotatable bonds is 4. The van der Waals surface area contributed by atoms with Gasteiger partial charge in [0.05, 0.1) is 6.42 Å². The van der Waals surface area contributed by atoms with Crippen LogP contribution in [0.15, 0.2) is 35.7 Å². The zero-order valence-corrected chi connectivity index (χ0v) is 14.6. The molecule has 0 bridgehead atoms. The molecule has 2 aromatic rings. The molecule has 1 aromatic carbocycles. The van der Waals surface area contributed by atoms with Gasteiger partial charge in [0.1, 0.15) is 0 Å². The lowest BCUT2D eigenvalue weighted by Gasteiger charge is -2.33. The number of amides is 1. The average Bonchev–Trinajstić information content (AvgIpc) is 3.03. The first-order valence-corrected chi connectivity index (χ1v) is 8.49. The molecule has 1 fully saturated rings. The summed E-state index contributed by atoms with van der Waals surface area (Å²) in [4.78, 5) is 13.2. The Kier molecular flexibility index (Phi) is 6.71. The van der Waals surface area contributed by atoms with Gasteiger partial charge < -0.3 is 10.6 Å². The van der Waals surface area contributed by atoms with Crippen molar-refractivity contribution in [2.45, 2.75) is 24.8 Å². The van der Waals surface area contributed by atoms with E-state index < -0.39 is 11.6 Å². The number of carbonyl (C=O) groups is 1. The molecule has 3 rings (SSSR count). The topological polar surface area (TPSA) is 41.1 Å². The van der Waals surface area contributed by atoms with Crippen molar-refractivity contribution in [1.29, 1.82) is 0 Å². The largest absolute Gasteiger partial charge is 0.351 e. The molecule has 0 saturated carbocycles. The smallest absolute Gasteiger partial charge is 0.225 e. The lowest BCUT2D eigenvalue weighted by molar-refractivity contribution is -0.121. The third-order valence-electron chi connectivity index (χ3n) is 4.12. The van der Waals surface area contributed by atoms with E-state index in [1.807, 2.05) is 17.5 Å². The standard InChI is InChI=1S/C17H18F2N2OS.ClH/c18-14-4-3-11(8-15(14)19)13-5-6-20-10-16(13)21-17(22)9-12-2-1-7-23-12;/h1-4,7-8,13,16,20H,5-6,9-10H2,(H,21,22);1H. The van der Waals surface area contributed by atoms with Gasteiger partial charge in [-0.2, -0.15) is 0 Å². The zero-order valence-electron chi connectivity index (χ0n) is 12.9. The molecule has 3 nitrogen and oxygen atoms in total. The van der Waals surface area contributed by atoms with Gasteiger partial charge in [-0.3, -0.25) is 4.79 Å². The minimum atomic E-state index is -0.846. The van der Waals surface area contributed by atoms with Gasteiger partial charge in [0, 0.05) is 23.4 Å². The van der Waals surface area contributed by atoms with Crippen LogP contribution in [0, 0.1) is 11.6 Å². The van der Waals surface area contributed by atoms with Crippen LogP contribution in [0.2, 0.25) is 0 Å². The molecule has 1 aliphatic rings. The highest BCUT2D eigenvalue weighted by Crippen LogP contribution is 2.27. The first-order chi connectivity index (χ1) is 11.1. The molecule has 0 aliphatic carbocycles. The van der Waals surface area contributed by atoms with E-state index in [9.17, 15) is 13.6 Å². The number of halogens is 3. The van der Waals surface area contributed by atoms with Crippen molar-refractivity contribution >= 4 is 29.7 Å².